The van der Waals surface area contributed by atoms with Crippen LogP contribution in [-0.2, 0) is 5.75 Å². The topological polar surface area (TPSA) is 78.6 Å². The molecule has 94 valence electrons. The van der Waals surface area contributed by atoms with Crippen molar-refractivity contribution in [1.82, 2.24) is 15.2 Å². The van der Waals surface area contributed by atoms with Crippen molar-refractivity contribution in [1.29, 1.82) is 0 Å². The number of aromatic amines is 2. The summed E-state index contributed by atoms with van der Waals surface area (Å²) in [7, 11) is 0. The van der Waals surface area contributed by atoms with E-state index in [2.05, 4.69) is 33.4 Å². The van der Waals surface area contributed by atoms with Gasteiger partial charge < -0.3 is 0 Å². The van der Waals surface area contributed by atoms with E-state index in [0.717, 1.165) is 5.56 Å². The second kappa shape index (κ2) is 5.22. The second-order valence-electron chi connectivity index (χ2n) is 4.03. The van der Waals surface area contributed by atoms with E-state index in [4.69, 9.17) is 0 Å². The lowest BCUT2D eigenvalue weighted by Gasteiger charge is -2.05. The van der Waals surface area contributed by atoms with Gasteiger partial charge in [-0.3, -0.25) is 9.78 Å². The molecule has 18 heavy (non-hydrogen) atoms. The van der Waals surface area contributed by atoms with Crippen molar-refractivity contribution in [3.63, 3.8) is 0 Å². The molecule has 0 aliphatic rings. The van der Waals surface area contributed by atoms with Crippen molar-refractivity contribution in [3.8, 4) is 0 Å². The standard InChI is InChI=1S/C12H13N3O2S/c1-7-3-4-8(2)9(5-7)6-18-11-10(16)13-12(17)15-14-11/h3-5H,6H2,1-2H3,(H2,13,15,16,17). The molecule has 2 aromatic rings. The van der Waals surface area contributed by atoms with Gasteiger partial charge in [0.25, 0.3) is 5.56 Å². The Morgan fingerprint density at radius 1 is 1.28 bits per heavy atom. The van der Waals surface area contributed by atoms with Crippen LogP contribution < -0.4 is 11.2 Å². The highest BCUT2D eigenvalue weighted by atomic mass is 32.2. The summed E-state index contributed by atoms with van der Waals surface area (Å²) in [5.41, 5.74) is 2.48. The molecule has 0 aliphatic heterocycles. The molecule has 0 spiro atoms. The molecule has 1 aromatic carbocycles. The van der Waals surface area contributed by atoms with Crippen LogP contribution >= 0.6 is 11.8 Å². The zero-order chi connectivity index (χ0) is 13.1. The van der Waals surface area contributed by atoms with E-state index in [9.17, 15) is 9.59 Å². The van der Waals surface area contributed by atoms with Gasteiger partial charge >= 0.3 is 5.69 Å². The van der Waals surface area contributed by atoms with E-state index in [-0.39, 0.29) is 5.03 Å². The Kier molecular flexibility index (Phi) is 3.66. The van der Waals surface area contributed by atoms with Gasteiger partial charge in [-0.15, -0.1) is 0 Å². The highest BCUT2D eigenvalue weighted by Gasteiger charge is 2.05. The number of benzene rings is 1. The average Bonchev–Trinajstić information content (AvgIpc) is 2.32. The molecular formula is C12H13N3O2S. The van der Waals surface area contributed by atoms with Crippen LogP contribution in [0.25, 0.3) is 0 Å². The summed E-state index contributed by atoms with van der Waals surface area (Å²) in [6.07, 6.45) is 0. The Labute approximate surface area is 108 Å². The van der Waals surface area contributed by atoms with Crippen LogP contribution in [0, 0.1) is 13.8 Å². The summed E-state index contributed by atoms with van der Waals surface area (Å²) in [5, 5.41) is 6.22. The number of nitrogens with one attached hydrogen (secondary N) is 2. The van der Waals surface area contributed by atoms with Crippen LogP contribution in [-0.4, -0.2) is 15.2 Å². The van der Waals surface area contributed by atoms with Crippen LogP contribution in [0.1, 0.15) is 16.7 Å². The van der Waals surface area contributed by atoms with E-state index in [0.29, 0.717) is 5.75 Å². The first-order valence-electron chi connectivity index (χ1n) is 5.44. The number of aromatic nitrogens is 3. The number of hydrogen-bond donors (Lipinski definition) is 2. The lowest BCUT2D eigenvalue weighted by atomic mass is 10.1. The molecule has 6 heteroatoms. The molecule has 0 unspecified atom stereocenters. The number of aryl methyl sites for hydroxylation is 2. The molecule has 1 heterocycles. The summed E-state index contributed by atoms with van der Waals surface area (Å²) in [4.78, 5) is 24.4. The van der Waals surface area contributed by atoms with Crippen molar-refractivity contribution in [2.45, 2.75) is 24.6 Å². The second-order valence-corrected chi connectivity index (χ2v) is 4.99. The Hall–Kier alpha value is -1.82. The van der Waals surface area contributed by atoms with Crippen molar-refractivity contribution in [2.24, 2.45) is 0 Å². The third-order valence-electron chi connectivity index (χ3n) is 2.55. The summed E-state index contributed by atoms with van der Waals surface area (Å²) >= 11 is 1.31. The van der Waals surface area contributed by atoms with Crippen LogP contribution in [0.15, 0.2) is 32.8 Å². The summed E-state index contributed by atoms with van der Waals surface area (Å²) in [5.74, 6) is 0.648. The molecule has 2 rings (SSSR count). The first-order valence-corrected chi connectivity index (χ1v) is 6.43. The third kappa shape index (κ3) is 2.89. The fraction of sp³-hybridized carbons (Fsp3) is 0.250. The quantitative estimate of drug-likeness (QED) is 0.820. The van der Waals surface area contributed by atoms with Crippen molar-refractivity contribution in [2.75, 3.05) is 0 Å². The minimum atomic E-state index is -0.587. The number of H-pyrrole nitrogens is 2. The Bertz CT molecular complexity index is 676. The molecule has 1 aromatic heterocycles. The van der Waals surface area contributed by atoms with E-state index < -0.39 is 11.2 Å². The van der Waals surface area contributed by atoms with E-state index in [1.807, 2.05) is 13.8 Å². The van der Waals surface area contributed by atoms with Crippen LogP contribution in [0.5, 0.6) is 0 Å². The maximum absolute atomic E-state index is 11.5. The molecule has 5 nitrogen and oxygen atoms in total. The first kappa shape index (κ1) is 12.6. The Morgan fingerprint density at radius 2 is 2.06 bits per heavy atom. The first-order chi connectivity index (χ1) is 8.56. The SMILES string of the molecule is Cc1ccc(C)c(CSc2n[nH]c(=O)[nH]c2=O)c1. The fourth-order valence-corrected chi connectivity index (χ4v) is 2.43. The fourth-order valence-electron chi connectivity index (χ4n) is 1.54. The number of hydrogen-bond acceptors (Lipinski definition) is 4. The van der Waals surface area contributed by atoms with Gasteiger partial charge in [0.1, 0.15) is 0 Å². The largest absolute Gasteiger partial charge is 0.342 e. The predicted molar refractivity (Wildman–Crippen MR) is 71.0 cm³/mol. The maximum atomic E-state index is 11.5. The smallest absolute Gasteiger partial charge is 0.271 e. The van der Waals surface area contributed by atoms with Gasteiger partial charge in [0.15, 0.2) is 5.03 Å². The van der Waals surface area contributed by atoms with Gasteiger partial charge in [0.2, 0.25) is 0 Å². The Balaban J connectivity index is 2.19. The van der Waals surface area contributed by atoms with Crippen molar-refractivity contribution < 1.29 is 0 Å². The monoisotopic (exact) mass is 263 g/mol. The van der Waals surface area contributed by atoms with Gasteiger partial charge in [0, 0.05) is 5.75 Å². The molecule has 0 radical (unpaired) electrons. The molecular weight excluding hydrogens is 250 g/mol. The predicted octanol–water partition coefficient (Wildman–Crippen LogP) is 1.37. The van der Waals surface area contributed by atoms with E-state index in [1.54, 1.807) is 0 Å². The molecule has 0 fully saturated rings. The third-order valence-corrected chi connectivity index (χ3v) is 3.55. The minimum Gasteiger partial charge on any atom is -0.271 e. The highest BCUT2D eigenvalue weighted by molar-refractivity contribution is 7.98. The zero-order valence-corrected chi connectivity index (χ0v) is 10.9. The normalized spacial score (nSPS) is 10.6. The molecule has 0 amide bonds. The lowest BCUT2D eigenvalue weighted by Crippen LogP contribution is -2.25. The number of rotatable bonds is 3. The molecule has 0 saturated heterocycles. The van der Waals surface area contributed by atoms with Gasteiger partial charge in [-0.05, 0) is 25.0 Å². The molecule has 0 aliphatic carbocycles. The number of thioether (sulfide) groups is 1. The van der Waals surface area contributed by atoms with Gasteiger partial charge in [-0.25, -0.2) is 9.89 Å². The van der Waals surface area contributed by atoms with Crippen LogP contribution in [0.4, 0.5) is 0 Å². The number of nitrogens with zero attached hydrogens (tertiary/aromatic N) is 1. The van der Waals surface area contributed by atoms with Gasteiger partial charge in [-0.2, -0.15) is 5.10 Å². The van der Waals surface area contributed by atoms with E-state index >= 15 is 0 Å². The highest BCUT2D eigenvalue weighted by Crippen LogP contribution is 2.20. The molecule has 0 bridgehead atoms. The Morgan fingerprint density at radius 3 is 2.78 bits per heavy atom. The lowest BCUT2D eigenvalue weighted by molar-refractivity contribution is 0.807. The molecule has 0 saturated carbocycles. The van der Waals surface area contributed by atoms with Crippen molar-refractivity contribution in [3.05, 3.63) is 55.7 Å². The van der Waals surface area contributed by atoms with E-state index in [1.165, 1.54) is 22.9 Å². The van der Waals surface area contributed by atoms with Crippen LogP contribution in [0.3, 0.4) is 0 Å². The maximum Gasteiger partial charge on any atom is 0.342 e. The van der Waals surface area contributed by atoms with Gasteiger partial charge in [0.05, 0.1) is 0 Å². The average molecular weight is 263 g/mol. The summed E-state index contributed by atoms with van der Waals surface area (Å²) < 4.78 is 0. The summed E-state index contributed by atoms with van der Waals surface area (Å²) in [6, 6.07) is 6.19. The summed E-state index contributed by atoms with van der Waals surface area (Å²) in [6.45, 7) is 4.05. The van der Waals surface area contributed by atoms with Crippen LogP contribution in [0.2, 0.25) is 0 Å². The molecule has 2 N–H and O–H groups in total. The van der Waals surface area contributed by atoms with Gasteiger partial charge in [-0.1, -0.05) is 35.5 Å². The molecule has 0 atom stereocenters. The minimum absolute atomic E-state index is 0.274. The van der Waals surface area contributed by atoms with Crippen molar-refractivity contribution >= 4 is 11.8 Å². The zero-order valence-electron chi connectivity index (χ0n) is 10.1.